The summed E-state index contributed by atoms with van der Waals surface area (Å²) in [6.45, 7) is 2.11. The van der Waals surface area contributed by atoms with E-state index in [-0.39, 0.29) is 17.9 Å². The van der Waals surface area contributed by atoms with Gasteiger partial charge in [0.2, 0.25) is 0 Å². The minimum absolute atomic E-state index is 0.217. The highest BCUT2D eigenvalue weighted by Crippen LogP contribution is 2.38. The number of aromatic nitrogens is 4. The van der Waals surface area contributed by atoms with Gasteiger partial charge in [-0.3, -0.25) is 9.20 Å². The molecule has 0 atom stereocenters. The standard InChI is InChI=1S/C28H32N6O3/c1-3-4-17-11-12-30-23(15-17)32-28(36)21-10-7-19(16-22(21)37-2)24-25-26(29)31-13-14-34(25)27(33-24)18-5-8-20(35)9-6-18/h7,10-16,18,20,35H,3-6,8-9H2,1-2H3,(H2,29,31)(H,30,32,36)/t18-,20-. The number of carbonyl (C=O) groups is 1. The minimum atomic E-state index is -0.304. The van der Waals surface area contributed by atoms with Crippen molar-refractivity contribution < 1.29 is 14.6 Å². The highest BCUT2D eigenvalue weighted by Gasteiger charge is 2.27. The molecule has 1 fully saturated rings. The van der Waals surface area contributed by atoms with Gasteiger partial charge in [-0.1, -0.05) is 19.4 Å². The summed E-state index contributed by atoms with van der Waals surface area (Å²) >= 11 is 0. The summed E-state index contributed by atoms with van der Waals surface area (Å²) in [5, 5.41) is 12.8. The van der Waals surface area contributed by atoms with Crippen molar-refractivity contribution in [3.63, 3.8) is 0 Å². The van der Waals surface area contributed by atoms with Crippen LogP contribution in [0.3, 0.4) is 0 Å². The van der Waals surface area contributed by atoms with Gasteiger partial charge in [0.15, 0.2) is 0 Å². The van der Waals surface area contributed by atoms with E-state index in [1.807, 2.05) is 28.8 Å². The van der Waals surface area contributed by atoms with Gasteiger partial charge in [-0.15, -0.1) is 0 Å². The van der Waals surface area contributed by atoms with Crippen molar-refractivity contribution in [2.45, 2.75) is 57.5 Å². The van der Waals surface area contributed by atoms with Crippen LogP contribution in [0.2, 0.25) is 0 Å². The Bertz CT molecular complexity index is 1420. The van der Waals surface area contributed by atoms with E-state index in [2.05, 4.69) is 22.2 Å². The van der Waals surface area contributed by atoms with Gasteiger partial charge in [-0.05, 0) is 61.9 Å². The lowest BCUT2D eigenvalue weighted by atomic mass is 9.87. The zero-order valence-corrected chi connectivity index (χ0v) is 21.1. The first-order valence-corrected chi connectivity index (χ1v) is 12.7. The van der Waals surface area contributed by atoms with Crippen LogP contribution in [0.25, 0.3) is 16.8 Å². The van der Waals surface area contributed by atoms with Gasteiger partial charge in [0.05, 0.1) is 18.8 Å². The molecule has 1 aliphatic carbocycles. The van der Waals surface area contributed by atoms with E-state index < -0.39 is 0 Å². The lowest BCUT2D eigenvalue weighted by molar-refractivity contribution is 0.102. The average Bonchev–Trinajstić information content (AvgIpc) is 3.30. The summed E-state index contributed by atoms with van der Waals surface area (Å²) in [5.74, 6) is 2.13. The second-order valence-corrected chi connectivity index (χ2v) is 9.52. The Labute approximate surface area is 215 Å². The summed E-state index contributed by atoms with van der Waals surface area (Å²) in [4.78, 5) is 26.7. The van der Waals surface area contributed by atoms with Crippen LogP contribution in [0.5, 0.6) is 5.75 Å². The molecule has 1 amide bonds. The van der Waals surface area contributed by atoms with Crippen molar-refractivity contribution in [1.82, 2.24) is 19.4 Å². The van der Waals surface area contributed by atoms with Crippen LogP contribution >= 0.6 is 0 Å². The monoisotopic (exact) mass is 500 g/mol. The van der Waals surface area contributed by atoms with Crippen molar-refractivity contribution in [1.29, 1.82) is 0 Å². The topological polar surface area (TPSA) is 128 Å². The molecule has 0 saturated heterocycles. The molecule has 1 aliphatic rings. The highest BCUT2D eigenvalue weighted by atomic mass is 16.5. The minimum Gasteiger partial charge on any atom is -0.496 e. The number of fused-ring (bicyclic) bond motifs is 1. The Morgan fingerprint density at radius 1 is 1.16 bits per heavy atom. The van der Waals surface area contributed by atoms with Gasteiger partial charge < -0.3 is 20.9 Å². The molecular formula is C28H32N6O3. The summed E-state index contributed by atoms with van der Waals surface area (Å²) in [5.41, 5.74) is 10.0. The van der Waals surface area contributed by atoms with Crippen LogP contribution in [0.15, 0.2) is 48.9 Å². The molecule has 9 heteroatoms. The van der Waals surface area contributed by atoms with E-state index >= 15 is 0 Å². The van der Waals surface area contributed by atoms with Crippen LogP contribution in [0.4, 0.5) is 11.6 Å². The van der Waals surface area contributed by atoms with Crippen LogP contribution in [-0.4, -0.2) is 43.6 Å². The third kappa shape index (κ3) is 4.99. The van der Waals surface area contributed by atoms with Gasteiger partial charge in [0, 0.05) is 30.1 Å². The number of nitrogens with two attached hydrogens (primary N) is 1. The average molecular weight is 501 g/mol. The highest BCUT2D eigenvalue weighted by molar-refractivity contribution is 6.06. The molecule has 0 bridgehead atoms. The number of rotatable bonds is 7. The number of aryl methyl sites for hydroxylation is 1. The molecule has 3 heterocycles. The molecule has 3 aromatic heterocycles. The molecule has 0 radical (unpaired) electrons. The zero-order chi connectivity index (χ0) is 25.9. The van der Waals surface area contributed by atoms with Gasteiger partial charge in [-0.2, -0.15) is 0 Å². The first-order chi connectivity index (χ1) is 18.0. The van der Waals surface area contributed by atoms with Crippen LogP contribution in [-0.2, 0) is 6.42 Å². The number of methoxy groups -OCH3 is 1. The number of anilines is 2. The molecule has 0 spiro atoms. The Morgan fingerprint density at radius 3 is 2.73 bits per heavy atom. The molecule has 1 aromatic carbocycles. The first-order valence-electron chi connectivity index (χ1n) is 12.7. The molecule has 4 N–H and O–H groups in total. The number of nitrogens with zero attached hydrogens (tertiary/aromatic N) is 4. The van der Waals surface area contributed by atoms with Gasteiger partial charge in [0.1, 0.15) is 34.4 Å². The predicted molar refractivity (Wildman–Crippen MR) is 143 cm³/mol. The predicted octanol–water partition coefficient (Wildman–Crippen LogP) is 4.61. The molecule has 0 aliphatic heterocycles. The third-order valence-electron chi connectivity index (χ3n) is 7.00. The lowest BCUT2D eigenvalue weighted by Gasteiger charge is -2.24. The summed E-state index contributed by atoms with van der Waals surface area (Å²) < 4.78 is 7.62. The molecule has 37 heavy (non-hydrogen) atoms. The number of aliphatic hydroxyl groups excluding tert-OH is 1. The van der Waals surface area contributed by atoms with Crippen molar-refractivity contribution in [3.8, 4) is 17.0 Å². The molecular weight excluding hydrogens is 468 g/mol. The molecule has 0 unspecified atom stereocenters. The lowest BCUT2D eigenvalue weighted by Crippen LogP contribution is -2.18. The number of nitrogens with one attached hydrogen (secondary N) is 1. The molecule has 9 nitrogen and oxygen atoms in total. The van der Waals surface area contributed by atoms with Crippen molar-refractivity contribution >= 4 is 23.1 Å². The fourth-order valence-electron chi connectivity index (χ4n) is 5.11. The first kappa shape index (κ1) is 24.7. The molecule has 1 saturated carbocycles. The SMILES string of the molecule is CCCc1ccnc(NC(=O)c2ccc(-c3nc([C@H]4CC[C@H](O)CC4)n4ccnc(N)c34)cc2OC)c1. The number of benzene rings is 1. The Hall–Kier alpha value is -3.98. The van der Waals surface area contributed by atoms with Gasteiger partial charge in [0.25, 0.3) is 5.91 Å². The fourth-order valence-corrected chi connectivity index (χ4v) is 5.11. The van der Waals surface area contributed by atoms with E-state index in [4.69, 9.17) is 15.5 Å². The Balaban J connectivity index is 1.49. The number of pyridine rings is 1. The maximum absolute atomic E-state index is 13.1. The maximum atomic E-state index is 13.1. The number of imidazole rings is 1. The van der Waals surface area contributed by atoms with E-state index in [9.17, 15) is 9.90 Å². The second-order valence-electron chi connectivity index (χ2n) is 9.52. The van der Waals surface area contributed by atoms with Crippen LogP contribution in [0.1, 0.15) is 66.7 Å². The number of carbonyl (C=O) groups excluding carboxylic acids is 1. The summed E-state index contributed by atoms with van der Waals surface area (Å²) in [6, 6.07) is 9.23. The van der Waals surface area contributed by atoms with Gasteiger partial charge in [-0.25, -0.2) is 15.0 Å². The van der Waals surface area contributed by atoms with Gasteiger partial charge >= 0.3 is 0 Å². The van der Waals surface area contributed by atoms with Crippen molar-refractivity contribution in [2.75, 3.05) is 18.2 Å². The van der Waals surface area contributed by atoms with E-state index in [0.717, 1.165) is 61.0 Å². The van der Waals surface area contributed by atoms with Crippen LogP contribution in [0, 0.1) is 0 Å². The molecule has 192 valence electrons. The third-order valence-corrected chi connectivity index (χ3v) is 7.00. The largest absolute Gasteiger partial charge is 0.496 e. The Morgan fingerprint density at radius 2 is 1.97 bits per heavy atom. The summed E-state index contributed by atoms with van der Waals surface area (Å²) in [7, 11) is 1.54. The van der Waals surface area contributed by atoms with E-state index in [1.165, 1.54) is 7.11 Å². The second kappa shape index (κ2) is 10.6. The smallest absolute Gasteiger partial charge is 0.260 e. The van der Waals surface area contributed by atoms with Crippen molar-refractivity contribution in [2.24, 2.45) is 0 Å². The number of aliphatic hydroxyl groups is 1. The van der Waals surface area contributed by atoms with Crippen molar-refractivity contribution in [3.05, 3.63) is 65.9 Å². The van der Waals surface area contributed by atoms with Crippen LogP contribution < -0.4 is 15.8 Å². The molecule has 5 rings (SSSR count). The maximum Gasteiger partial charge on any atom is 0.260 e. The van der Waals surface area contributed by atoms with E-state index in [1.54, 1.807) is 24.5 Å². The molecule has 4 aromatic rings. The normalized spacial score (nSPS) is 17.6. The Kier molecular flexibility index (Phi) is 7.05. The number of amides is 1. The summed E-state index contributed by atoms with van der Waals surface area (Å²) in [6.07, 6.45) is 10.2. The zero-order valence-electron chi connectivity index (χ0n) is 21.1. The number of ether oxygens (including phenoxy) is 1. The quantitative estimate of drug-likeness (QED) is 0.338. The number of nitrogen functional groups attached to an aromatic ring is 1. The van der Waals surface area contributed by atoms with E-state index in [0.29, 0.717) is 28.6 Å². The number of hydrogen-bond acceptors (Lipinski definition) is 7. The fraction of sp³-hybridized carbons (Fsp3) is 0.357. The number of hydrogen-bond donors (Lipinski definition) is 3.